The van der Waals surface area contributed by atoms with E-state index in [4.69, 9.17) is 9.73 Å². The lowest BCUT2D eigenvalue weighted by Gasteiger charge is -2.21. The van der Waals surface area contributed by atoms with E-state index in [-0.39, 0.29) is 24.8 Å². The van der Waals surface area contributed by atoms with Crippen molar-refractivity contribution in [2.75, 3.05) is 23.9 Å². The summed E-state index contributed by atoms with van der Waals surface area (Å²) in [6.07, 6.45) is 1.63. The van der Waals surface area contributed by atoms with Crippen molar-refractivity contribution >= 4 is 34.7 Å². The molecule has 0 atom stereocenters. The van der Waals surface area contributed by atoms with Gasteiger partial charge in [-0.1, -0.05) is 29.8 Å². The van der Waals surface area contributed by atoms with E-state index in [9.17, 15) is 9.59 Å². The zero-order chi connectivity index (χ0) is 22.7. The van der Waals surface area contributed by atoms with Gasteiger partial charge in [0.1, 0.15) is 18.0 Å². The number of pyridine rings is 1. The Hall–Kier alpha value is -4.00. The van der Waals surface area contributed by atoms with Gasteiger partial charge in [0, 0.05) is 17.4 Å². The molecule has 4 rings (SSSR count). The molecule has 0 bridgehead atoms. The number of rotatable bonds is 5. The number of aryl methyl sites for hydroxylation is 2. The molecule has 1 aliphatic rings. The number of hydrogen-bond donors (Lipinski definition) is 1. The highest BCUT2D eigenvalue weighted by atomic mass is 16.5. The molecule has 0 spiro atoms. The first kappa shape index (κ1) is 21.2. The van der Waals surface area contributed by atoms with Crippen molar-refractivity contribution in [2.24, 2.45) is 4.99 Å². The van der Waals surface area contributed by atoms with Crippen LogP contribution in [0, 0.1) is 13.8 Å². The van der Waals surface area contributed by atoms with Crippen LogP contribution in [0.2, 0.25) is 0 Å². The van der Waals surface area contributed by atoms with Gasteiger partial charge in [0.2, 0.25) is 11.8 Å². The smallest absolute Gasteiger partial charge is 0.244 e. The topological polar surface area (TPSA) is 83.9 Å². The molecule has 162 valence electrons. The molecule has 2 amide bonds. The minimum atomic E-state index is -0.299. The average Bonchev–Trinajstić information content (AvgIpc) is 2.92. The van der Waals surface area contributed by atoms with Crippen LogP contribution in [0.15, 0.2) is 65.8 Å². The van der Waals surface area contributed by atoms with Crippen LogP contribution >= 0.6 is 0 Å². The predicted molar refractivity (Wildman–Crippen MR) is 125 cm³/mol. The largest absolute Gasteiger partial charge is 0.497 e. The molecule has 1 N–H and O–H groups in total. The molecule has 0 saturated carbocycles. The molecule has 0 saturated heterocycles. The van der Waals surface area contributed by atoms with E-state index in [0.717, 1.165) is 22.4 Å². The molecule has 32 heavy (non-hydrogen) atoms. The Morgan fingerprint density at radius 1 is 1.12 bits per heavy atom. The van der Waals surface area contributed by atoms with Gasteiger partial charge in [0.25, 0.3) is 0 Å². The lowest BCUT2D eigenvalue weighted by atomic mass is 10.1. The fourth-order valence-electron chi connectivity index (χ4n) is 3.64. The fraction of sp³-hybridized carbons (Fsp3) is 0.200. The van der Waals surface area contributed by atoms with E-state index < -0.39 is 0 Å². The summed E-state index contributed by atoms with van der Waals surface area (Å²) in [5.74, 6) is 0.496. The number of hydrogen-bond acceptors (Lipinski definition) is 5. The zero-order valence-electron chi connectivity index (χ0n) is 18.3. The Morgan fingerprint density at radius 2 is 1.97 bits per heavy atom. The summed E-state index contributed by atoms with van der Waals surface area (Å²) in [6.45, 7) is 3.78. The minimum Gasteiger partial charge on any atom is -0.497 e. The summed E-state index contributed by atoms with van der Waals surface area (Å²) < 4.78 is 5.30. The minimum absolute atomic E-state index is 0.0420. The summed E-state index contributed by atoms with van der Waals surface area (Å²) in [5.41, 5.74) is 4.72. The number of aliphatic imine (C=N–C) groups is 1. The highest BCUT2D eigenvalue weighted by Crippen LogP contribution is 2.31. The summed E-state index contributed by atoms with van der Waals surface area (Å²) in [7, 11) is 1.59. The summed E-state index contributed by atoms with van der Waals surface area (Å²) in [5, 5.41) is 2.90. The number of nitrogens with one attached hydrogen (secondary N) is 1. The molecule has 0 fully saturated rings. The molecule has 0 aliphatic carbocycles. The van der Waals surface area contributed by atoms with E-state index >= 15 is 0 Å². The number of fused-ring (bicyclic) bond motifs is 1. The lowest BCUT2D eigenvalue weighted by Crippen LogP contribution is -2.39. The van der Waals surface area contributed by atoms with E-state index in [2.05, 4.69) is 10.3 Å². The third-order valence-corrected chi connectivity index (χ3v) is 5.26. The van der Waals surface area contributed by atoms with Gasteiger partial charge < -0.3 is 10.1 Å². The molecule has 0 unspecified atom stereocenters. The van der Waals surface area contributed by atoms with Gasteiger partial charge in [0.05, 0.1) is 19.2 Å². The maximum absolute atomic E-state index is 13.2. The third kappa shape index (κ3) is 4.51. The van der Waals surface area contributed by atoms with Crippen LogP contribution in [-0.2, 0) is 9.59 Å². The molecular weight excluding hydrogens is 404 g/mol. The number of anilines is 2. The first-order valence-corrected chi connectivity index (χ1v) is 10.3. The quantitative estimate of drug-likeness (QED) is 0.660. The number of benzene rings is 2. The van der Waals surface area contributed by atoms with Gasteiger partial charge in [-0.15, -0.1) is 0 Å². The highest BCUT2D eigenvalue weighted by molar-refractivity contribution is 6.18. The molecule has 2 heterocycles. The van der Waals surface area contributed by atoms with Crippen molar-refractivity contribution in [1.82, 2.24) is 4.98 Å². The molecular formula is C25H24N4O3. The Kier molecular flexibility index (Phi) is 5.98. The van der Waals surface area contributed by atoms with Crippen LogP contribution in [0.3, 0.4) is 0 Å². The Balaban J connectivity index is 1.61. The average molecular weight is 428 g/mol. The monoisotopic (exact) mass is 428 g/mol. The van der Waals surface area contributed by atoms with Crippen molar-refractivity contribution in [3.05, 3.63) is 77.5 Å². The molecule has 3 aromatic rings. The Bertz CT molecular complexity index is 1220. The summed E-state index contributed by atoms with van der Waals surface area (Å²) in [4.78, 5) is 36.5. The van der Waals surface area contributed by atoms with Gasteiger partial charge >= 0.3 is 0 Å². The second-order valence-electron chi connectivity index (χ2n) is 7.66. The number of ether oxygens (including phenoxy) is 1. The predicted octanol–water partition coefficient (Wildman–Crippen LogP) is 4.20. The van der Waals surface area contributed by atoms with Crippen LogP contribution in [0.5, 0.6) is 5.75 Å². The standard InChI is InChI=1S/C25H24N4O3/c1-16-9-10-20(17(2)12-16)28-23(30)15-29-24(31)14-22(18-6-4-7-19(13-18)32-3)27-21-8-5-11-26-25(21)29/h4-13H,14-15H2,1-3H3,(H,28,30). The second kappa shape index (κ2) is 9.01. The van der Waals surface area contributed by atoms with Crippen molar-refractivity contribution in [3.8, 4) is 5.75 Å². The van der Waals surface area contributed by atoms with Gasteiger partial charge in [-0.05, 0) is 49.7 Å². The molecule has 7 heteroatoms. The van der Waals surface area contributed by atoms with Gasteiger partial charge in [-0.25, -0.2) is 9.98 Å². The maximum Gasteiger partial charge on any atom is 0.244 e. The molecule has 0 radical (unpaired) electrons. The first-order valence-electron chi connectivity index (χ1n) is 10.3. The van der Waals surface area contributed by atoms with Crippen molar-refractivity contribution < 1.29 is 14.3 Å². The second-order valence-corrected chi connectivity index (χ2v) is 7.66. The number of nitrogens with zero attached hydrogens (tertiary/aromatic N) is 3. The van der Waals surface area contributed by atoms with Crippen LogP contribution in [0.1, 0.15) is 23.1 Å². The fourth-order valence-corrected chi connectivity index (χ4v) is 3.64. The lowest BCUT2D eigenvalue weighted by molar-refractivity contribution is -0.120. The number of carbonyl (C=O) groups excluding carboxylic acids is 2. The van der Waals surface area contributed by atoms with Crippen LogP contribution in [0.25, 0.3) is 0 Å². The number of amides is 2. The van der Waals surface area contributed by atoms with E-state index in [1.165, 1.54) is 4.90 Å². The molecule has 7 nitrogen and oxygen atoms in total. The summed E-state index contributed by atoms with van der Waals surface area (Å²) >= 11 is 0. The summed E-state index contributed by atoms with van der Waals surface area (Å²) in [6, 6.07) is 16.8. The first-order chi connectivity index (χ1) is 15.4. The SMILES string of the molecule is COc1cccc(C2=Nc3cccnc3N(CC(=O)Nc3ccc(C)cc3C)C(=O)C2)c1. The highest BCUT2D eigenvalue weighted by Gasteiger charge is 2.28. The van der Waals surface area contributed by atoms with E-state index in [0.29, 0.717) is 23.0 Å². The molecule has 2 aromatic carbocycles. The number of aromatic nitrogens is 1. The van der Waals surface area contributed by atoms with Crippen molar-refractivity contribution in [3.63, 3.8) is 0 Å². The normalized spacial score (nSPS) is 13.2. The zero-order valence-corrected chi connectivity index (χ0v) is 18.3. The van der Waals surface area contributed by atoms with Gasteiger partial charge in [-0.2, -0.15) is 0 Å². The Morgan fingerprint density at radius 3 is 2.75 bits per heavy atom. The van der Waals surface area contributed by atoms with Crippen LogP contribution < -0.4 is 15.0 Å². The third-order valence-electron chi connectivity index (χ3n) is 5.26. The maximum atomic E-state index is 13.2. The van der Waals surface area contributed by atoms with Crippen LogP contribution in [0.4, 0.5) is 17.2 Å². The van der Waals surface area contributed by atoms with Gasteiger partial charge in [-0.3, -0.25) is 14.5 Å². The van der Waals surface area contributed by atoms with Gasteiger partial charge in [0.15, 0.2) is 5.82 Å². The van der Waals surface area contributed by atoms with Crippen molar-refractivity contribution in [2.45, 2.75) is 20.3 Å². The van der Waals surface area contributed by atoms with Crippen molar-refractivity contribution in [1.29, 1.82) is 0 Å². The number of carbonyl (C=O) groups is 2. The molecule has 1 aromatic heterocycles. The van der Waals surface area contributed by atoms with E-state index in [1.54, 1.807) is 25.4 Å². The van der Waals surface area contributed by atoms with Crippen LogP contribution in [-0.4, -0.2) is 36.2 Å². The van der Waals surface area contributed by atoms with E-state index in [1.807, 2.05) is 56.3 Å². The Labute approximate surface area is 186 Å². The molecule has 1 aliphatic heterocycles. The number of methoxy groups -OCH3 is 1.